The first-order valence-corrected chi connectivity index (χ1v) is 11.6. The molecule has 2 aliphatic rings. The molecule has 3 heterocycles. The molecular formula is C20H27N3O6S. The molecule has 2 aromatic rings. The third kappa shape index (κ3) is 4.37. The Kier molecular flexibility index (Phi) is 6.40. The van der Waals surface area contributed by atoms with Gasteiger partial charge in [-0.15, -0.1) is 0 Å². The van der Waals surface area contributed by atoms with E-state index in [4.69, 9.17) is 13.9 Å². The van der Waals surface area contributed by atoms with Crippen LogP contribution in [0.5, 0.6) is 0 Å². The summed E-state index contributed by atoms with van der Waals surface area (Å²) in [7, 11) is -3.61. The number of morpholine rings is 2. The number of nitrogens with one attached hydrogen (secondary N) is 1. The molecule has 0 atom stereocenters. The third-order valence-electron chi connectivity index (χ3n) is 5.54. The number of furan rings is 1. The van der Waals surface area contributed by atoms with Gasteiger partial charge < -0.3 is 19.2 Å². The number of rotatable bonds is 6. The lowest BCUT2D eigenvalue weighted by molar-refractivity contribution is 0.0382. The Morgan fingerprint density at radius 3 is 2.43 bits per heavy atom. The predicted molar refractivity (Wildman–Crippen MR) is 110 cm³/mol. The minimum atomic E-state index is -3.61. The lowest BCUT2D eigenvalue weighted by atomic mass is 10.1. The Balaban J connectivity index is 1.48. The highest BCUT2D eigenvalue weighted by atomic mass is 32.2. The second-order valence-electron chi connectivity index (χ2n) is 7.44. The highest BCUT2D eigenvalue weighted by molar-refractivity contribution is 7.89. The van der Waals surface area contributed by atoms with Gasteiger partial charge in [-0.25, -0.2) is 8.42 Å². The molecule has 164 valence electrons. The summed E-state index contributed by atoms with van der Waals surface area (Å²) in [6, 6.07) is 4.72. The number of hydrogen-bond donors (Lipinski definition) is 1. The van der Waals surface area contributed by atoms with Crippen LogP contribution in [0, 0.1) is 6.92 Å². The number of aryl methyl sites for hydroxylation is 1. The average Bonchev–Trinajstić information content (AvgIpc) is 3.11. The van der Waals surface area contributed by atoms with Crippen molar-refractivity contribution in [3.05, 3.63) is 29.5 Å². The Hall–Kier alpha value is -1.98. The standard InChI is InChI=1S/C20H27N3O6S/c1-15-17-14-16(30(25,26)23-8-12-28-13-9-23)2-3-18(17)29-19(15)20(24)21-4-5-22-6-10-27-11-7-22/h2-3,14H,4-13H2,1H3,(H,21,24). The van der Waals surface area contributed by atoms with Crippen LogP contribution in [0.25, 0.3) is 11.0 Å². The van der Waals surface area contributed by atoms with E-state index in [0.717, 1.165) is 19.6 Å². The van der Waals surface area contributed by atoms with Crippen molar-refractivity contribution < 1.29 is 27.1 Å². The van der Waals surface area contributed by atoms with Crippen molar-refractivity contribution in [3.8, 4) is 0 Å². The molecule has 0 saturated carbocycles. The van der Waals surface area contributed by atoms with E-state index in [-0.39, 0.29) is 16.6 Å². The Labute approximate surface area is 175 Å². The Morgan fingerprint density at radius 1 is 1.07 bits per heavy atom. The molecule has 1 N–H and O–H groups in total. The van der Waals surface area contributed by atoms with Crippen molar-refractivity contribution in [3.63, 3.8) is 0 Å². The van der Waals surface area contributed by atoms with Gasteiger partial charge in [-0.1, -0.05) is 0 Å². The first-order valence-electron chi connectivity index (χ1n) is 10.2. The molecule has 1 amide bonds. The zero-order chi connectivity index (χ0) is 21.1. The van der Waals surface area contributed by atoms with E-state index >= 15 is 0 Å². The summed E-state index contributed by atoms with van der Waals surface area (Å²) < 4.78 is 43.6. The molecule has 4 rings (SSSR count). The monoisotopic (exact) mass is 437 g/mol. The van der Waals surface area contributed by atoms with Crippen molar-refractivity contribution in [1.29, 1.82) is 0 Å². The number of carbonyl (C=O) groups excluding carboxylic acids is 1. The highest BCUT2D eigenvalue weighted by Crippen LogP contribution is 2.29. The van der Waals surface area contributed by atoms with Gasteiger partial charge in [0.05, 0.1) is 31.3 Å². The molecule has 0 bridgehead atoms. The summed E-state index contributed by atoms with van der Waals surface area (Å²) in [4.78, 5) is 15.0. The minimum Gasteiger partial charge on any atom is -0.451 e. The average molecular weight is 438 g/mol. The molecule has 0 radical (unpaired) electrons. The number of fused-ring (bicyclic) bond motifs is 1. The summed E-state index contributed by atoms with van der Waals surface area (Å²) in [6.07, 6.45) is 0. The van der Waals surface area contributed by atoms with Crippen molar-refractivity contribution >= 4 is 26.9 Å². The van der Waals surface area contributed by atoms with Gasteiger partial charge in [0.1, 0.15) is 5.58 Å². The van der Waals surface area contributed by atoms with Crippen LogP contribution in [-0.2, 0) is 19.5 Å². The summed E-state index contributed by atoms with van der Waals surface area (Å²) in [5, 5.41) is 3.52. The van der Waals surface area contributed by atoms with Gasteiger partial charge in [0.25, 0.3) is 5.91 Å². The van der Waals surface area contributed by atoms with E-state index in [0.29, 0.717) is 62.6 Å². The highest BCUT2D eigenvalue weighted by Gasteiger charge is 2.27. The first-order chi connectivity index (χ1) is 14.5. The van der Waals surface area contributed by atoms with Gasteiger partial charge in [-0.3, -0.25) is 9.69 Å². The lowest BCUT2D eigenvalue weighted by Gasteiger charge is -2.26. The number of hydrogen-bond acceptors (Lipinski definition) is 7. The normalized spacial score (nSPS) is 19.2. The predicted octanol–water partition coefficient (Wildman–Crippen LogP) is 0.824. The fourth-order valence-electron chi connectivity index (χ4n) is 3.75. The van der Waals surface area contributed by atoms with E-state index in [1.165, 1.54) is 10.4 Å². The maximum Gasteiger partial charge on any atom is 0.287 e. The van der Waals surface area contributed by atoms with E-state index in [2.05, 4.69) is 10.2 Å². The molecule has 0 spiro atoms. The minimum absolute atomic E-state index is 0.195. The zero-order valence-electron chi connectivity index (χ0n) is 17.1. The van der Waals surface area contributed by atoms with Gasteiger partial charge in [0, 0.05) is 50.2 Å². The number of sulfonamides is 1. The quantitative estimate of drug-likeness (QED) is 0.714. The molecule has 0 unspecified atom stereocenters. The maximum absolute atomic E-state index is 12.9. The van der Waals surface area contributed by atoms with Gasteiger partial charge in [-0.05, 0) is 25.1 Å². The topological polar surface area (TPSA) is 101 Å². The summed E-state index contributed by atoms with van der Waals surface area (Å²) >= 11 is 0. The largest absolute Gasteiger partial charge is 0.451 e. The fourth-order valence-corrected chi connectivity index (χ4v) is 5.18. The number of benzene rings is 1. The van der Waals surface area contributed by atoms with Crippen LogP contribution in [-0.4, -0.2) is 89.2 Å². The van der Waals surface area contributed by atoms with Crippen LogP contribution in [0.1, 0.15) is 16.1 Å². The van der Waals surface area contributed by atoms with Gasteiger partial charge in [-0.2, -0.15) is 4.31 Å². The molecule has 1 aromatic carbocycles. The van der Waals surface area contributed by atoms with E-state index < -0.39 is 10.0 Å². The van der Waals surface area contributed by atoms with Crippen LogP contribution < -0.4 is 5.32 Å². The third-order valence-corrected chi connectivity index (χ3v) is 7.43. The first kappa shape index (κ1) is 21.3. The molecule has 2 aliphatic heterocycles. The molecule has 10 heteroatoms. The van der Waals surface area contributed by atoms with Crippen molar-refractivity contribution in [2.45, 2.75) is 11.8 Å². The van der Waals surface area contributed by atoms with Gasteiger partial charge in [0.15, 0.2) is 5.76 Å². The SMILES string of the molecule is Cc1c(C(=O)NCCN2CCOCC2)oc2ccc(S(=O)(=O)N3CCOCC3)cc12. The van der Waals surface area contributed by atoms with Crippen LogP contribution in [0.4, 0.5) is 0 Å². The van der Waals surface area contributed by atoms with Crippen LogP contribution in [0.15, 0.2) is 27.5 Å². The van der Waals surface area contributed by atoms with Crippen LogP contribution in [0.2, 0.25) is 0 Å². The zero-order valence-corrected chi connectivity index (χ0v) is 17.9. The van der Waals surface area contributed by atoms with Gasteiger partial charge >= 0.3 is 0 Å². The molecule has 2 saturated heterocycles. The van der Waals surface area contributed by atoms with E-state index in [1.54, 1.807) is 19.1 Å². The Bertz CT molecular complexity index is 1010. The Morgan fingerprint density at radius 2 is 1.73 bits per heavy atom. The second-order valence-corrected chi connectivity index (χ2v) is 9.38. The summed E-state index contributed by atoms with van der Waals surface area (Å²) in [5.74, 6) is -0.0811. The second kappa shape index (κ2) is 9.03. The number of amides is 1. The maximum atomic E-state index is 12.9. The number of ether oxygens (including phenoxy) is 2. The van der Waals surface area contributed by atoms with Crippen molar-refractivity contribution in [2.75, 3.05) is 65.7 Å². The van der Waals surface area contributed by atoms with E-state index in [1.807, 2.05) is 0 Å². The molecule has 30 heavy (non-hydrogen) atoms. The molecule has 2 fully saturated rings. The fraction of sp³-hybridized carbons (Fsp3) is 0.550. The molecule has 0 aliphatic carbocycles. The van der Waals surface area contributed by atoms with E-state index in [9.17, 15) is 13.2 Å². The molecule has 9 nitrogen and oxygen atoms in total. The summed E-state index contributed by atoms with van der Waals surface area (Å²) in [5.41, 5.74) is 1.12. The van der Waals surface area contributed by atoms with Crippen molar-refractivity contribution in [1.82, 2.24) is 14.5 Å². The van der Waals surface area contributed by atoms with Crippen LogP contribution >= 0.6 is 0 Å². The van der Waals surface area contributed by atoms with Crippen LogP contribution in [0.3, 0.4) is 0 Å². The smallest absolute Gasteiger partial charge is 0.287 e. The molecular weight excluding hydrogens is 410 g/mol. The summed E-state index contributed by atoms with van der Waals surface area (Å²) in [6.45, 7) is 7.62. The molecule has 1 aromatic heterocycles. The van der Waals surface area contributed by atoms with Crippen molar-refractivity contribution in [2.24, 2.45) is 0 Å². The van der Waals surface area contributed by atoms with Gasteiger partial charge in [0.2, 0.25) is 10.0 Å². The number of carbonyl (C=O) groups is 1. The number of nitrogens with zero attached hydrogens (tertiary/aromatic N) is 2. The lowest BCUT2D eigenvalue weighted by Crippen LogP contribution is -2.41.